The van der Waals surface area contributed by atoms with Crippen LogP contribution in [-0.2, 0) is 4.74 Å². The molecule has 3 aromatic rings. The second kappa shape index (κ2) is 4.53. The number of hydrogen-bond donors (Lipinski definition) is 1. The van der Waals surface area contributed by atoms with E-state index < -0.39 is 5.97 Å². The topological polar surface area (TPSA) is 67.9 Å². The number of carbonyl (C=O) groups excluding carboxylic acids is 1. The number of imidazole rings is 1. The van der Waals surface area contributed by atoms with E-state index >= 15 is 0 Å². The van der Waals surface area contributed by atoms with Crippen LogP contribution >= 0.6 is 0 Å². The molecule has 1 aromatic carbocycles. The fraction of sp³-hybridized carbons (Fsp3) is 0.0714. The van der Waals surface area contributed by atoms with Gasteiger partial charge < -0.3 is 9.72 Å². The van der Waals surface area contributed by atoms with Gasteiger partial charge >= 0.3 is 5.97 Å². The minimum absolute atomic E-state index is 0.408. The molecule has 0 aliphatic heterocycles. The third-order valence-electron chi connectivity index (χ3n) is 2.84. The number of fused-ring (bicyclic) bond motifs is 1. The van der Waals surface area contributed by atoms with E-state index in [-0.39, 0.29) is 0 Å². The molecule has 0 atom stereocenters. The molecule has 0 fully saturated rings. The minimum Gasteiger partial charge on any atom is -0.465 e. The lowest BCUT2D eigenvalue weighted by atomic mass is 10.2. The van der Waals surface area contributed by atoms with Crippen molar-refractivity contribution in [3.05, 3.63) is 48.2 Å². The van der Waals surface area contributed by atoms with Gasteiger partial charge in [0.1, 0.15) is 11.3 Å². The van der Waals surface area contributed by atoms with Crippen LogP contribution < -0.4 is 0 Å². The van der Waals surface area contributed by atoms with Gasteiger partial charge in [-0.3, -0.25) is 0 Å². The second-order valence-corrected chi connectivity index (χ2v) is 4.00. The summed E-state index contributed by atoms with van der Waals surface area (Å²) in [4.78, 5) is 23.4. The summed E-state index contributed by atoms with van der Waals surface area (Å²) in [5.41, 5.74) is 2.44. The van der Waals surface area contributed by atoms with Crippen LogP contribution in [0.2, 0.25) is 0 Å². The third kappa shape index (κ3) is 1.95. The summed E-state index contributed by atoms with van der Waals surface area (Å²) in [5, 5.41) is 0. The van der Waals surface area contributed by atoms with Crippen LogP contribution in [0.1, 0.15) is 10.4 Å². The summed E-state index contributed by atoms with van der Waals surface area (Å²) in [6.45, 7) is 0. The van der Waals surface area contributed by atoms with Gasteiger partial charge in [0.2, 0.25) is 0 Å². The number of methoxy groups -OCH3 is 1. The number of H-pyrrole nitrogens is 1. The molecule has 0 aliphatic rings. The molecule has 2 aromatic heterocycles. The SMILES string of the molecule is COC(=O)c1ccnc2[nH]c(-c3ccccc3)nc12. The molecule has 0 saturated carbocycles. The lowest BCUT2D eigenvalue weighted by Gasteiger charge is -1.98. The minimum atomic E-state index is -0.418. The van der Waals surface area contributed by atoms with Gasteiger partial charge in [-0.2, -0.15) is 0 Å². The van der Waals surface area contributed by atoms with E-state index in [9.17, 15) is 4.79 Å². The number of esters is 1. The zero-order chi connectivity index (χ0) is 13.2. The van der Waals surface area contributed by atoms with Crippen molar-refractivity contribution in [3.63, 3.8) is 0 Å². The molecule has 19 heavy (non-hydrogen) atoms. The fourth-order valence-corrected chi connectivity index (χ4v) is 1.92. The number of aromatic nitrogens is 3. The van der Waals surface area contributed by atoms with Crippen molar-refractivity contribution in [2.75, 3.05) is 7.11 Å². The fourth-order valence-electron chi connectivity index (χ4n) is 1.92. The molecule has 5 nitrogen and oxygen atoms in total. The highest BCUT2D eigenvalue weighted by atomic mass is 16.5. The first-order valence-electron chi connectivity index (χ1n) is 5.78. The monoisotopic (exact) mass is 253 g/mol. The normalized spacial score (nSPS) is 10.6. The van der Waals surface area contributed by atoms with E-state index in [1.165, 1.54) is 7.11 Å². The van der Waals surface area contributed by atoms with Crippen LogP contribution in [0.5, 0.6) is 0 Å². The molecular weight excluding hydrogens is 242 g/mol. The molecule has 3 rings (SSSR count). The Morgan fingerprint density at radius 2 is 2.00 bits per heavy atom. The number of rotatable bonds is 2. The molecule has 0 amide bonds. The van der Waals surface area contributed by atoms with Crippen LogP contribution in [0, 0.1) is 0 Å². The summed E-state index contributed by atoms with van der Waals surface area (Å²) in [7, 11) is 1.35. The standard InChI is InChI=1S/C14H11N3O2/c1-19-14(18)10-7-8-15-13-11(10)16-12(17-13)9-5-3-2-4-6-9/h2-8H,1H3,(H,15,16,17). The van der Waals surface area contributed by atoms with E-state index in [2.05, 4.69) is 15.0 Å². The van der Waals surface area contributed by atoms with E-state index in [1.807, 2.05) is 30.3 Å². The quantitative estimate of drug-likeness (QED) is 0.712. The van der Waals surface area contributed by atoms with E-state index in [1.54, 1.807) is 12.3 Å². The molecule has 94 valence electrons. The summed E-state index contributed by atoms with van der Waals surface area (Å²) in [6, 6.07) is 11.3. The number of nitrogens with zero attached hydrogens (tertiary/aromatic N) is 2. The predicted molar refractivity (Wildman–Crippen MR) is 70.7 cm³/mol. The van der Waals surface area contributed by atoms with Crippen molar-refractivity contribution in [3.8, 4) is 11.4 Å². The van der Waals surface area contributed by atoms with E-state index in [0.717, 1.165) is 5.56 Å². The van der Waals surface area contributed by atoms with Gasteiger partial charge in [0.15, 0.2) is 5.65 Å². The molecule has 0 spiro atoms. The van der Waals surface area contributed by atoms with Gasteiger partial charge in [0.25, 0.3) is 0 Å². The van der Waals surface area contributed by atoms with Crippen LogP contribution in [0.4, 0.5) is 0 Å². The highest BCUT2D eigenvalue weighted by Crippen LogP contribution is 2.21. The van der Waals surface area contributed by atoms with E-state index in [4.69, 9.17) is 4.74 Å². The maximum Gasteiger partial charge on any atom is 0.340 e. The molecule has 5 heteroatoms. The first-order valence-corrected chi connectivity index (χ1v) is 5.78. The number of ether oxygens (including phenoxy) is 1. The maximum absolute atomic E-state index is 11.7. The predicted octanol–water partition coefficient (Wildman–Crippen LogP) is 2.41. The summed E-state index contributed by atoms with van der Waals surface area (Å²) in [6.07, 6.45) is 1.56. The molecule has 2 heterocycles. The Labute approximate surface area is 109 Å². The zero-order valence-electron chi connectivity index (χ0n) is 10.3. The summed E-state index contributed by atoms with van der Waals surface area (Å²) < 4.78 is 4.74. The van der Waals surface area contributed by atoms with Crippen molar-refractivity contribution < 1.29 is 9.53 Å². The lowest BCUT2D eigenvalue weighted by Crippen LogP contribution is -2.02. The van der Waals surface area contributed by atoms with Crippen LogP contribution in [0.3, 0.4) is 0 Å². The number of hydrogen-bond acceptors (Lipinski definition) is 4. The number of aromatic amines is 1. The van der Waals surface area contributed by atoms with Crippen molar-refractivity contribution in [2.45, 2.75) is 0 Å². The van der Waals surface area contributed by atoms with Gasteiger partial charge in [0.05, 0.1) is 12.7 Å². The van der Waals surface area contributed by atoms with Crippen LogP contribution in [0.15, 0.2) is 42.6 Å². The molecule has 0 aliphatic carbocycles. The van der Waals surface area contributed by atoms with Gasteiger partial charge in [-0.1, -0.05) is 30.3 Å². The molecule has 1 N–H and O–H groups in total. The lowest BCUT2D eigenvalue weighted by molar-refractivity contribution is 0.0602. The average Bonchev–Trinajstić information content (AvgIpc) is 2.91. The largest absolute Gasteiger partial charge is 0.465 e. The Hall–Kier alpha value is -2.69. The van der Waals surface area contributed by atoms with Crippen LogP contribution in [0.25, 0.3) is 22.6 Å². The zero-order valence-corrected chi connectivity index (χ0v) is 10.3. The molecular formula is C14H11N3O2. The van der Waals surface area contributed by atoms with Crippen LogP contribution in [-0.4, -0.2) is 28.0 Å². The van der Waals surface area contributed by atoms with Gasteiger partial charge in [0, 0.05) is 11.8 Å². The Balaban J connectivity index is 2.19. The summed E-state index contributed by atoms with van der Waals surface area (Å²) in [5.74, 6) is 0.262. The summed E-state index contributed by atoms with van der Waals surface area (Å²) >= 11 is 0. The van der Waals surface area contributed by atoms with Crippen molar-refractivity contribution in [1.82, 2.24) is 15.0 Å². The highest BCUT2D eigenvalue weighted by molar-refractivity contribution is 6.01. The van der Waals surface area contributed by atoms with E-state index in [0.29, 0.717) is 22.6 Å². The smallest absolute Gasteiger partial charge is 0.340 e. The first-order chi connectivity index (χ1) is 9.29. The number of pyridine rings is 1. The second-order valence-electron chi connectivity index (χ2n) is 4.00. The Morgan fingerprint density at radius 1 is 1.21 bits per heavy atom. The van der Waals surface area contributed by atoms with Crippen molar-refractivity contribution >= 4 is 17.1 Å². The third-order valence-corrected chi connectivity index (χ3v) is 2.84. The molecule has 0 bridgehead atoms. The highest BCUT2D eigenvalue weighted by Gasteiger charge is 2.15. The Morgan fingerprint density at radius 3 is 2.74 bits per heavy atom. The molecule has 0 saturated heterocycles. The maximum atomic E-state index is 11.7. The van der Waals surface area contributed by atoms with Gasteiger partial charge in [-0.15, -0.1) is 0 Å². The van der Waals surface area contributed by atoms with Gasteiger partial charge in [-0.05, 0) is 6.07 Å². The molecule has 0 radical (unpaired) electrons. The Bertz CT molecular complexity index is 735. The molecule has 0 unspecified atom stereocenters. The number of nitrogens with one attached hydrogen (secondary N) is 1. The first kappa shape index (κ1) is 11.4. The average molecular weight is 253 g/mol. The van der Waals surface area contributed by atoms with Gasteiger partial charge in [-0.25, -0.2) is 14.8 Å². The number of benzene rings is 1. The van der Waals surface area contributed by atoms with Crippen molar-refractivity contribution in [2.24, 2.45) is 0 Å². The van der Waals surface area contributed by atoms with Crippen molar-refractivity contribution in [1.29, 1.82) is 0 Å². The Kier molecular flexibility index (Phi) is 2.72. The number of carbonyl (C=O) groups is 1.